The Bertz CT molecular complexity index is 690. The summed E-state index contributed by atoms with van der Waals surface area (Å²) in [4.78, 5) is 2.50. The molecule has 0 spiro atoms. The van der Waals surface area contributed by atoms with Gasteiger partial charge in [0.1, 0.15) is 5.75 Å². The quantitative estimate of drug-likeness (QED) is 0.370. The highest BCUT2D eigenvalue weighted by molar-refractivity contribution is 6.76. The lowest BCUT2D eigenvalue weighted by Crippen LogP contribution is -2.29. The summed E-state index contributed by atoms with van der Waals surface area (Å²) in [5.74, 6) is 0.881. The first-order chi connectivity index (χ1) is 12.0. The molecule has 0 amide bonds. The van der Waals surface area contributed by atoms with Crippen molar-refractivity contribution >= 4 is 24.5 Å². The van der Waals surface area contributed by atoms with E-state index >= 15 is 0 Å². The fourth-order valence-electron chi connectivity index (χ4n) is 3.20. The van der Waals surface area contributed by atoms with Crippen LogP contribution in [0.3, 0.4) is 0 Å². The van der Waals surface area contributed by atoms with Crippen molar-refractivity contribution in [3.8, 4) is 5.75 Å². The second-order valence-corrected chi connectivity index (χ2v) is 13.8. The van der Waals surface area contributed by atoms with E-state index in [9.17, 15) is 0 Å². The Morgan fingerprint density at radius 2 is 1.64 bits per heavy atom. The van der Waals surface area contributed by atoms with Gasteiger partial charge in [0.2, 0.25) is 0 Å². The second-order valence-electron chi connectivity index (χ2n) is 8.22. The van der Waals surface area contributed by atoms with Gasteiger partial charge in [-0.2, -0.15) is 0 Å². The fraction of sp³-hybridized carbons (Fsp3) is 0.524. The zero-order valence-corrected chi connectivity index (χ0v) is 16.9. The number of benzene rings is 2. The standard InChI is InChI=1S/C21H31NO2Si/c1-25(2,3)14-13-23-17-24-21-10-8-18-15-20(9-7-19(18)16-21)22-11-5-4-6-12-22/h7-10,15-16H,4-6,11-14,17H2,1-3H3. The number of anilines is 1. The minimum absolute atomic E-state index is 0.335. The smallest absolute Gasteiger partial charge is 0.189 e. The molecular weight excluding hydrogens is 326 g/mol. The average Bonchev–Trinajstić information content (AvgIpc) is 2.61. The molecule has 1 aliphatic rings. The zero-order valence-electron chi connectivity index (χ0n) is 15.9. The topological polar surface area (TPSA) is 21.7 Å². The van der Waals surface area contributed by atoms with Gasteiger partial charge in [0.15, 0.2) is 6.79 Å². The highest BCUT2D eigenvalue weighted by atomic mass is 28.3. The first kappa shape index (κ1) is 18.3. The molecule has 1 aliphatic heterocycles. The van der Waals surface area contributed by atoms with Crippen LogP contribution in [0.5, 0.6) is 5.75 Å². The zero-order chi connectivity index (χ0) is 17.7. The van der Waals surface area contributed by atoms with Crippen molar-refractivity contribution in [1.29, 1.82) is 0 Å². The Kier molecular flexibility index (Phi) is 6.02. The first-order valence-electron chi connectivity index (χ1n) is 9.51. The molecule has 0 aromatic heterocycles. The third-order valence-electron chi connectivity index (χ3n) is 4.82. The maximum Gasteiger partial charge on any atom is 0.189 e. The normalized spacial score (nSPS) is 15.6. The second kappa shape index (κ2) is 8.24. The maximum atomic E-state index is 5.76. The van der Waals surface area contributed by atoms with E-state index in [4.69, 9.17) is 9.47 Å². The van der Waals surface area contributed by atoms with Crippen LogP contribution in [0, 0.1) is 0 Å². The van der Waals surface area contributed by atoms with Crippen molar-refractivity contribution in [3.63, 3.8) is 0 Å². The number of fused-ring (bicyclic) bond motifs is 1. The number of hydrogen-bond acceptors (Lipinski definition) is 3. The predicted octanol–water partition coefficient (Wildman–Crippen LogP) is 5.52. The van der Waals surface area contributed by atoms with E-state index in [0.29, 0.717) is 6.79 Å². The SMILES string of the molecule is C[Si](C)(C)CCOCOc1ccc2cc(N3CCCCC3)ccc2c1. The summed E-state index contributed by atoms with van der Waals surface area (Å²) >= 11 is 0. The molecule has 0 bridgehead atoms. The molecule has 0 N–H and O–H groups in total. The van der Waals surface area contributed by atoms with Crippen LogP contribution in [-0.4, -0.2) is 34.6 Å². The van der Waals surface area contributed by atoms with Gasteiger partial charge >= 0.3 is 0 Å². The Morgan fingerprint density at radius 1 is 0.920 bits per heavy atom. The summed E-state index contributed by atoms with van der Waals surface area (Å²) < 4.78 is 11.4. The monoisotopic (exact) mass is 357 g/mol. The van der Waals surface area contributed by atoms with Crippen molar-refractivity contribution in [2.24, 2.45) is 0 Å². The Morgan fingerprint density at radius 3 is 2.40 bits per heavy atom. The van der Waals surface area contributed by atoms with Crippen molar-refractivity contribution in [2.75, 3.05) is 31.4 Å². The number of hydrogen-bond donors (Lipinski definition) is 0. The Balaban J connectivity index is 1.57. The molecule has 0 unspecified atom stereocenters. The third-order valence-corrected chi connectivity index (χ3v) is 6.53. The number of ether oxygens (including phenoxy) is 2. The highest BCUT2D eigenvalue weighted by Crippen LogP contribution is 2.27. The number of piperidine rings is 1. The van der Waals surface area contributed by atoms with Crippen LogP contribution in [0.1, 0.15) is 19.3 Å². The average molecular weight is 358 g/mol. The Labute approximate surface area is 152 Å². The largest absolute Gasteiger partial charge is 0.468 e. The van der Waals surface area contributed by atoms with E-state index in [1.165, 1.54) is 54.9 Å². The van der Waals surface area contributed by atoms with E-state index in [2.05, 4.69) is 54.9 Å². The van der Waals surface area contributed by atoms with E-state index in [1.807, 2.05) is 6.07 Å². The maximum absolute atomic E-state index is 5.76. The first-order valence-corrected chi connectivity index (χ1v) is 13.2. The van der Waals surface area contributed by atoms with Crippen LogP contribution in [0.2, 0.25) is 25.7 Å². The van der Waals surface area contributed by atoms with Gasteiger partial charge in [-0.25, -0.2) is 0 Å². The molecule has 1 saturated heterocycles. The lowest BCUT2D eigenvalue weighted by Gasteiger charge is -2.29. The van der Waals surface area contributed by atoms with Crippen LogP contribution < -0.4 is 9.64 Å². The van der Waals surface area contributed by atoms with Gasteiger partial charge in [-0.15, -0.1) is 0 Å². The summed E-state index contributed by atoms with van der Waals surface area (Å²) in [5.41, 5.74) is 1.34. The van der Waals surface area contributed by atoms with Crippen LogP contribution in [0.4, 0.5) is 5.69 Å². The van der Waals surface area contributed by atoms with Crippen molar-refractivity contribution in [3.05, 3.63) is 36.4 Å². The molecule has 0 atom stereocenters. The molecule has 4 heteroatoms. The van der Waals surface area contributed by atoms with Crippen LogP contribution in [0.25, 0.3) is 10.8 Å². The van der Waals surface area contributed by atoms with Gasteiger partial charge in [0, 0.05) is 33.5 Å². The van der Waals surface area contributed by atoms with E-state index in [1.54, 1.807) is 0 Å². The van der Waals surface area contributed by atoms with Gasteiger partial charge in [0.25, 0.3) is 0 Å². The molecule has 1 heterocycles. The molecule has 1 fully saturated rings. The molecule has 136 valence electrons. The molecule has 3 nitrogen and oxygen atoms in total. The molecule has 0 aliphatic carbocycles. The van der Waals surface area contributed by atoms with E-state index < -0.39 is 8.07 Å². The van der Waals surface area contributed by atoms with Gasteiger partial charge in [-0.05, 0) is 60.3 Å². The molecular formula is C21H31NO2Si. The van der Waals surface area contributed by atoms with Crippen molar-refractivity contribution in [1.82, 2.24) is 0 Å². The van der Waals surface area contributed by atoms with E-state index in [-0.39, 0.29) is 0 Å². The molecule has 3 rings (SSSR count). The van der Waals surface area contributed by atoms with Crippen LogP contribution in [-0.2, 0) is 4.74 Å². The lowest BCUT2D eigenvalue weighted by atomic mass is 10.1. The third kappa shape index (κ3) is 5.48. The molecule has 0 saturated carbocycles. The molecule has 25 heavy (non-hydrogen) atoms. The molecule has 0 radical (unpaired) electrons. The van der Waals surface area contributed by atoms with E-state index in [0.717, 1.165) is 12.4 Å². The van der Waals surface area contributed by atoms with Crippen LogP contribution in [0.15, 0.2) is 36.4 Å². The number of nitrogens with zero attached hydrogens (tertiary/aromatic N) is 1. The van der Waals surface area contributed by atoms with Gasteiger partial charge in [-0.3, -0.25) is 0 Å². The summed E-state index contributed by atoms with van der Waals surface area (Å²) in [5, 5.41) is 2.50. The predicted molar refractivity (Wildman–Crippen MR) is 110 cm³/mol. The lowest BCUT2D eigenvalue weighted by molar-refractivity contribution is 0.0221. The number of rotatable bonds is 7. The van der Waals surface area contributed by atoms with Gasteiger partial charge in [0.05, 0.1) is 0 Å². The fourth-order valence-corrected chi connectivity index (χ4v) is 3.95. The highest BCUT2D eigenvalue weighted by Gasteiger charge is 2.12. The van der Waals surface area contributed by atoms with Crippen molar-refractivity contribution < 1.29 is 9.47 Å². The summed E-state index contributed by atoms with van der Waals surface area (Å²) in [6.45, 7) is 10.6. The minimum atomic E-state index is -1.03. The summed E-state index contributed by atoms with van der Waals surface area (Å²) in [6.07, 6.45) is 3.98. The van der Waals surface area contributed by atoms with Crippen LogP contribution >= 0.6 is 0 Å². The summed E-state index contributed by atoms with van der Waals surface area (Å²) in [7, 11) is -1.03. The van der Waals surface area contributed by atoms with Gasteiger partial charge < -0.3 is 14.4 Å². The van der Waals surface area contributed by atoms with Gasteiger partial charge in [-0.1, -0.05) is 31.8 Å². The molecule has 2 aromatic rings. The van der Waals surface area contributed by atoms with Crippen molar-refractivity contribution in [2.45, 2.75) is 44.9 Å². The minimum Gasteiger partial charge on any atom is -0.468 e. The summed E-state index contributed by atoms with van der Waals surface area (Å²) in [6, 6.07) is 14.2. The Hall–Kier alpha value is -1.52. The molecule has 2 aromatic carbocycles.